The Hall–Kier alpha value is -2.52. The summed E-state index contributed by atoms with van der Waals surface area (Å²) < 4.78 is 41.3. The van der Waals surface area contributed by atoms with Crippen LogP contribution in [0.15, 0.2) is 65.1 Å². The number of aliphatic hydroxyl groups is 1. The van der Waals surface area contributed by atoms with Crippen LogP contribution < -0.4 is 9.47 Å². The number of ether oxygens (including phenoxy) is 2. The molecule has 0 spiro atoms. The van der Waals surface area contributed by atoms with E-state index in [2.05, 4.69) is 0 Å². The second kappa shape index (κ2) is 10.8. The second-order valence-corrected chi connectivity index (χ2v) is 11.0. The highest BCUT2D eigenvalue weighted by Crippen LogP contribution is 2.28. The average Bonchev–Trinajstić information content (AvgIpc) is 3.43. The van der Waals surface area contributed by atoms with Crippen molar-refractivity contribution in [2.24, 2.45) is 0 Å². The number of furan rings is 1. The van der Waals surface area contributed by atoms with Gasteiger partial charge in [0, 0.05) is 23.2 Å². The molecule has 2 unspecified atom stereocenters. The largest absolute Gasteiger partial charge is 0.493 e. The van der Waals surface area contributed by atoms with E-state index in [1.54, 1.807) is 25.3 Å². The Balaban J connectivity index is 1.45. The summed E-state index contributed by atoms with van der Waals surface area (Å²) in [4.78, 5) is 1.96. The van der Waals surface area contributed by atoms with E-state index in [0.29, 0.717) is 41.0 Å². The van der Waals surface area contributed by atoms with Gasteiger partial charge in [0.25, 0.3) is 0 Å². The number of aliphatic hydroxyl groups excluding tert-OH is 1. The van der Waals surface area contributed by atoms with E-state index >= 15 is 0 Å². The number of rotatable bonds is 10. The molecule has 0 radical (unpaired) electrons. The summed E-state index contributed by atoms with van der Waals surface area (Å²) in [7, 11) is -1.53. The topological polar surface area (TPSA) is 89.2 Å². The van der Waals surface area contributed by atoms with Crippen LogP contribution >= 0.6 is 11.6 Å². The molecule has 1 aliphatic heterocycles. The number of hydrogen-bond acceptors (Lipinski definition) is 7. The summed E-state index contributed by atoms with van der Waals surface area (Å²) >= 11 is 6.09. The fourth-order valence-corrected chi connectivity index (χ4v) is 6.07. The van der Waals surface area contributed by atoms with Crippen molar-refractivity contribution >= 4 is 21.4 Å². The van der Waals surface area contributed by atoms with E-state index in [0.717, 1.165) is 5.56 Å². The standard InChI is InChI=1S/C25H28ClNO6S/c1-31-24-7-2-3-8-25(24)32-16-21(28)14-27(20-11-12-34(29,30)17-20)15-22-9-10-23(33-22)18-5-4-6-19(26)13-18/h2-10,13,20-21,28H,11-12,14-17H2,1H3. The molecule has 0 saturated carbocycles. The van der Waals surface area contributed by atoms with Gasteiger partial charge < -0.3 is 19.0 Å². The SMILES string of the molecule is COc1ccccc1OCC(O)CN(Cc1ccc(-c2cccc(Cl)c2)o1)C1CCS(=O)(=O)C1. The monoisotopic (exact) mass is 505 g/mol. The van der Waals surface area contributed by atoms with E-state index in [1.807, 2.05) is 47.4 Å². The van der Waals surface area contributed by atoms with Gasteiger partial charge in [0.15, 0.2) is 21.3 Å². The van der Waals surface area contributed by atoms with Crippen LogP contribution in [0.4, 0.5) is 0 Å². The molecule has 1 fully saturated rings. The number of methoxy groups -OCH3 is 1. The number of para-hydroxylation sites is 2. The van der Waals surface area contributed by atoms with Gasteiger partial charge in [-0.2, -0.15) is 0 Å². The smallest absolute Gasteiger partial charge is 0.161 e. The molecule has 2 atom stereocenters. The third kappa shape index (κ3) is 6.33. The number of nitrogens with zero attached hydrogens (tertiary/aromatic N) is 1. The van der Waals surface area contributed by atoms with Crippen LogP contribution in [0.1, 0.15) is 12.2 Å². The molecule has 7 nitrogen and oxygen atoms in total. The first-order chi connectivity index (χ1) is 16.3. The quantitative estimate of drug-likeness (QED) is 0.445. The van der Waals surface area contributed by atoms with Crippen molar-refractivity contribution < 1.29 is 27.4 Å². The lowest BCUT2D eigenvalue weighted by Gasteiger charge is -2.29. The maximum absolute atomic E-state index is 12.1. The van der Waals surface area contributed by atoms with Crippen LogP contribution in [0, 0.1) is 0 Å². The average molecular weight is 506 g/mol. The van der Waals surface area contributed by atoms with Crippen molar-refractivity contribution in [3.8, 4) is 22.8 Å². The first-order valence-corrected chi connectivity index (χ1v) is 13.3. The van der Waals surface area contributed by atoms with E-state index < -0.39 is 15.9 Å². The summed E-state index contributed by atoms with van der Waals surface area (Å²) in [5, 5.41) is 11.3. The second-order valence-electron chi connectivity index (χ2n) is 8.38. The van der Waals surface area contributed by atoms with Crippen molar-refractivity contribution in [2.75, 3.05) is 31.8 Å². The molecule has 2 heterocycles. The van der Waals surface area contributed by atoms with Gasteiger partial charge in [-0.3, -0.25) is 4.90 Å². The van der Waals surface area contributed by atoms with Crippen molar-refractivity contribution in [3.05, 3.63) is 71.4 Å². The molecule has 34 heavy (non-hydrogen) atoms. The Morgan fingerprint density at radius 2 is 1.94 bits per heavy atom. The predicted molar refractivity (Wildman–Crippen MR) is 131 cm³/mol. The fourth-order valence-electron chi connectivity index (χ4n) is 4.11. The van der Waals surface area contributed by atoms with Crippen molar-refractivity contribution in [1.82, 2.24) is 4.90 Å². The van der Waals surface area contributed by atoms with E-state index in [9.17, 15) is 13.5 Å². The number of sulfone groups is 1. The van der Waals surface area contributed by atoms with Gasteiger partial charge in [-0.05, 0) is 42.8 Å². The number of benzene rings is 2. The van der Waals surface area contributed by atoms with Crippen LogP contribution in [0.5, 0.6) is 11.5 Å². The zero-order valence-corrected chi connectivity index (χ0v) is 20.5. The van der Waals surface area contributed by atoms with Crippen LogP contribution in [0.2, 0.25) is 5.02 Å². The molecule has 0 bridgehead atoms. The van der Waals surface area contributed by atoms with Gasteiger partial charge in [0.2, 0.25) is 0 Å². The Morgan fingerprint density at radius 1 is 1.15 bits per heavy atom. The molecule has 1 aliphatic rings. The van der Waals surface area contributed by atoms with Gasteiger partial charge >= 0.3 is 0 Å². The molecule has 0 amide bonds. The normalized spacial score (nSPS) is 18.2. The predicted octanol–water partition coefficient (Wildman–Crippen LogP) is 4.04. The molecule has 1 saturated heterocycles. The molecule has 2 aromatic carbocycles. The molecular weight excluding hydrogens is 478 g/mol. The minimum absolute atomic E-state index is 0.0439. The third-order valence-electron chi connectivity index (χ3n) is 5.80. The Labute approximate surface area is 204 Å². The minimum atomic E-state index is -3.09. The van der Waals surface area contributed by atoms with Crippen molar-refractivity contribution in [1.29, 1.82) is 0 Å². The summed E-state index contributed by atoms with van der Waals surface area (Å²) in [5.74, 6) is 2.69. The zero-order valence-electron chi connectivity index (χ0n) is 18.9. The van der Waals surface area contributed by atoms with Crippen LogP contribution in [-0.2, 0) is 16.4 Å². The molecule has 0 aliphatic carbocycles. The summed E-state index contributed by atoms with van der Waals surface area (Å²) in [5.41, 5.74) is 0.860. The van der Waals surface area contributed by atoms with Crippen LogP contribution in [0.25, 0.3) is 11.3 Å². The third-order valence-corrected chi connectivity index (χ3v) is 7.79. The highest BCUT2D eigenvalue weighted by atomic mass is 35.5. The molecule has 1 N–H and O–H groups in total. The molecule has 4 rings (SSSR count). The van der Waals surface area contributed by atoms with E-state index in [1.165, 1.54) is 0 Å². The van der Waals surface area contributed by atoms with Crippen LogP contribution in [0.3, 0.4) is 0 Å². The van der Waals surface area contributed by atoms with Crippen molar-refractivity contribution in [2.45, 2.75) is 25.1 Å². The maximum Gasteiger partial charge on any atom is 0.161 e. The first-order valence-electron chi connectivity index (χ1n) is 11.1. The molecule has 3 aromatic rings. The Bertz CT molecular complexity index is 1210. The molecular formula is C25H28ClNO6S. The summed E-state index contributed by atoms with van der Waals surface area (Å²) in [6.07, 6.45) is -0.319. The van der Waals surface area contributed by atoms with Gasteiger partial charge in [-0.1, -0.05) is 35.9 Å². The zero-order chi connectivity index (χ0) is 24.1. The molecule has 182 valence electrons. The minimum Gasteiger partial charge on any atom is -0.493 e. The lowest BCUT2D eigenvalue weighted by molar-refractivity contribution is 0.0491. The van der Waals surface area contributed by atoms with Crippen molar-refractivity contribution in [3.63, 3.8) is 0 Å². The number of hydrogen-bond donors (Lipinski definition) is 1. The van der Waals surface area contributed by atoms with E-state index in [4.69, 9.17) is 25.5 Å². The summed E-state index contributed by atoms with van der Waals surface area (Å²) in [6.45, 7) is 0.650. The molecule has 9 heteroatoms. The highest BCUT2D eigenvalue weighted by molar-refractivity contribution is 7.91. The highest BCUT2D eigenvalue weighted by Gasteiger charge is 2.33. The lowest BCUT2D eigenvalue weighted by Crippen LogP contribution is -2.42. The Kier molecular flexibility index (Phi) is 7.83. The van der Waals surface area contributed by atoms with E-state index in [-0.39, 0.29) is 30.7 Å². The van der Waals surface area contributed by atoms with Gasteiger partial charge in [-0.15, -0.1) is 0 Å². The lowest BCUT2D eigenvalue weighted by atomic mass is 10.2. The van der Waals surface area contributed by atoms with Crippen LogP contribution in [-0.4, -0.2) is 62.3 Å². The Morgan fingerprint density at radius 3 is 2.65 bits per heavy atom. The maximum atomic E-state index is 12.1. The summed E-state index contributed by atoms with van der Waals surface area (Å²) in [6, 6.07) is 18.1. The number of halogens is 1. The van der Waals surface area contributed by atoms with Gasteiger partial charge in [-0.25, -0.2) is 8.42 Å². The van der Waals surface area contributed by atoms with Gasteiger partial charge in [0.1, 0.15) is 24.2 Å². The molecule has 1 aromatic heterocycles. The first kappa shape index (κ1) is 24.6. The fraction of sp³-hybridized carbons (Fsp3) is 0.360. The van der Waals surface area contributed by atoms with Gasteiger partial charge in [0.05, 0.1) is 25.2 Å².